The predicted octanol–water partition coefficient (Wildman–Crippen LogP) is 2.59. The second-order valence-corrected chi connectivity index (χ2v) is 5.80. The predicted molar refractivity (Wildman–Crippen MR) is 69.7 cm³/mol. The Morgan fingerprint density at radius 3 is 2.50 bits per heavy atom. The van der Waals surface area contributed by atoms with Crippen LogP contribution in [0.4, 0.5) is 0 Å². The lowest BCUT2D eigenvalue weighted by molar-refractivity contribution is 0.171. The van der Waals surface area contributed by atoms with Crippen LogP contribution >= 0.6 is 0 Å². The largest absolute Gasteiger partial charge is 0.302 e. The minimum absolute atomic E-state index is 0.875. The van der Waals surface area contributed by atoms with Gasteiger partial charge in [-0.15, -0.1) is 0 Å². The molecule has 0 amide bonds. The Kier molecular flexibility index (Phi) is 4.66. The standard InChI is InChI=1S/C14H28N2/c1-3-14-11-13(2)12-16(14)10-9-15-7-5-4-6-8-15/h13-14H,3-12H2,1-2H3/t13-,14+/m0/s1. The fourth-order valence-electron chi connectivity index (χ4n) is 3.39. The Bertz CT molecular complexity index is 199. The van der Waals surface area contributed by atoms with Crippen LogP contribution in [0.5, 0.6) is 0 Å². The molecule has 0 saturated carbocycles. The fraction of sp³-hybridized carbons (Fsp3) is 1.00. The van der Waals surface area contributed by atoms with Crippen LogP contribution in [0.1, 0.15) is 46.0 Å². The maximum absolute atomic E-state index is 2.74. The lowest BCUT2D eigenvalue weighted by Gasteiger charge is -2.30. The van der Waals surface area contributed by atoms with E-state index >= 15 is 0 Å². The van der Waals surface area contributed by atoms with Crippen molar-refractivity contribution in [3.05, 3.63) is 0 Å². The number of likely N-dealkylation sites (tertiary alicyclic amines) is 2. The van der Waals surface area contributed by atoms with Crippen LogP contribution < -0.4 is 0 Å². The average Bonchev–Trinajstić information content (AvgIpc) is 2.68. The summed E-state index contributed by atoms with van der Waals surface area (Å²) in [5.74, 6) is 0.923. The molecule has 0 aromatic rings. The number of rotatable bonds is 4. The van der Waals surface area contributed by atoms with Gasteiger partial charge in [-0.3, -0.25) is 4.90 Å². The van der Waals surface area contributed by atoms with Gasteiger partial charge in [0.1, 0.15) is 0 Å². The number of hydrogen-bond donors (Lipinski definition) is 0. The van der Waals surface area contributed by atoms with Crippen LogP contribution in [0.3, 0.4) is 0 Å². The molecular formula is C14H28N2. The maximum atomic E-state index is 2.74. The Morgan fingerprint density at radius 2 is 1.81 bits per heavy atom. The van der Waals surface area contributed by atoms with E-state index in [1.54, 1.807) is 0 Å². The molecule has 94 valence electrons. The molecule has 2 aliphatic rings. The van der Waals surface area contributed by atoms with Gasteiger partial charge in [0, 0.05) is 25.7 Å². The summed E-state index contributed by atoms with van der Waals surface area (Å²) in [6.45, 7) is 11.4. The molecule has 2 atom stereocenters. The highest BCUT2D eigenvalue weighted by molar-refractivity contribution is 4.83. The van der Waals surface area contributed by atoms with Crippen molar-refractivity contribution in [2.24, 2.45) is 5.92 Å². The third-order valence-corrected chi connectivity index (χ3v) is 4.36. The van der Waals surface area contributed by atoms with E-state index in [4.69, 9.17) is 0 Å². The molecule has 0 N–H and O–H groups in total. The minimum atomic E-state index is 0.875. The molecule has 0 unspecified atom stereocenters. The highest BCUT2D eigenvalue weighted by Gasteiger charge is 2.27. The van der Waals surface area contributed by atoms with Crippen molar-refractivity contribution >= 4 is 0 Å². The summed E-state index contributed by atoms with van der Waals surface area (Å²) < 4.78 is 0. The van der Waals surface area contributed by atoms with E-state index in [1.165, 1.54) is 64.8 Å². The van der Waals surface area contributed by atoms with Gasteiger partial charge >= 0.3 is 0 Å². The summed E-state index contributed by atoms with van der Waals surface area (Å²) >= 11 is 0. The van der Waals surface area contributed by atoms with E-state index in [-0.39, 0.29) is 0 Å². The van der Waals surface area contributed by atoms with Gasteiger partial charge in [0.2, 0.25) is 0 Å². The van der Waals surface area contributed by atoms with Gasteiger partial charge in [0.05, 0.1) is 0 Å². The summed E-state index contributed by atoms with van der Waals surface area (Å²) in [5.41, 5.74) is 0. The van der Waals surface area contributed by atoms with Gasteiger partial charge in [-0.05, 0) is 44.7 Å². The van der Waals surface area contributed by atoms with Crippen molar-refractivity contribution < 1.29 is 0 Å². The first-order valence-corrected chi connectivity index (χ1v) is 7.26. The topological polar surface area (TPSA) is 6.48 Å². The van der Waals surface area contributed by atoms with E-state index in [0.29, 0.717) is 0 Å². The Hall–Kier alpha value is -0.0800. The molecule has 0 aromatic carbocycles. The maximum Gasteiger partial charge on any atom is 0.0112 e. The van der Waals surface area contributed by atoms with Crippen molar-refractivity contribution in [2.75, 3.05) is 32.7 Å². The van der Waals surface area contributed by atoms with Crippen LogP contribution in [0, 0.1) is 5.92 Å². The first-order chi connectivity index (χ1) is 7.79. The monoisotopic (exact) mass is 224 g/mol. The Labute approximate surface area is 101 Å². The number of piperidine rings is 1. The zero-order valence-corrected chi connectivity index (χ0v) is 11.1. The number of hydrogen-bond acceptors (Lipinski definition) is 2. The molecular weight excluding hydrogens is 196 g/mol. The van der Waals surface area contributed by atoms with Gasteiger partial charge in [-0.25, -0.2) is 0 Å². The molecule has 2 saturated heterocycles. The quantitative estimate of drug-likeness (QED) is 0.724. The zero-order valence-electron chi connectivity index (χ0n) is 11.1. The van der Waals surface area contributed by atoms with Gasteiger partial charge < -0.3 is 4.90 Å². The highest BCUT2D eigenvalue weighted by atomic mass is 15.2. The molecule has 0 spiro atoms. The summed E-state index contributed by atoms with van der Waals surface area (Å²) in [6.07, 6.45) is 7.07. The van der Waals surface area contributed by atoms with Crippen LogP contribution in [0.25, 0.3) is 0 Å². The van der Waals surface area contributed by atoms with Gasteiger partial charge in [-0.2, -0.15) is 0 Å². The van der Waals surface area contributed by atoms with Crippen LogP contribution in [-0.2, 0) is 0 Å². The van der Waals surface area contributed by atoms with Gasteiger partial charge in [0.15, 0.2) is 0 Å². The molecule has 0 aliphatic carbocycles. The molecule has 2 aliphatic heterocycles. The summed E-state index contributed by atoms with van der Waals surface area (Å²) in [4.78, 5) is 5.40. The van der Waals surface area contributed by atoms with Crippen molar-refractivity contribution in [2.45, 2.75) is 52.0 Å². The molecule has 0 aromatic heterocycles. The minimum Gasteiger partial charge on any atom is -0.302 e. The van der Waals surface area contributed by atoms with E-state index in [2.05, 4.69) is 23.6 Å². The van der Waals surface area contributed by atoms with Crippen molar-refractivity contribution in [1.29, 1.82) is 0 Å². The van der Waals surface area contributed by atoms with E-state index in [9.17, 15) is 0 Å². The van der Waals surface area contributed by atoms with Crippen molar-refractivity contribution in [3.63, 3.8) is 0 Å². The first kappa shape index (κ1) is 12.4. The normalized spacial score (nSPS) is 33.4. The van der Waals surface area contributed by atoms with E-state index in [0.717, 1.165) is 12.0 Å². The average molecular weight is 224 g/mol. The molecule has 2 fully saturated rings. The third kappa shape index (κ3) is 3.21. The van der Waals surface area contributed by atoms with E-state index < -0.39 is 0 Å². The summed E-state index contributed by atoms with van der Waals surface area (Å²) in [5, 5.41) is 0. The Morgan fingerprint density at radius 1 is 1.06 bits per heavy atom. The molecule has 0 radical (unpaired) electrons. The van der Waals surface area contributed by atoms with Crippen LogP contribution in [0.15, 0.2) is 0 Å². The molecule has 2 heteroatoms. The van der Waals surface area contributed by atoms with Gasteiger partial charge in [-0.1, -0.05) is 20.3 Å². The Balaban J connectivity index is 1.71. The first-order valence-electron chi connectivity index (χ1n) is 7.26. The summed E-state index contributed by atoms with van der Waals surface area (Å²) in [7, 11) is 0. The lowest BCUT2D eigenvalue weighted by Crippen LogP contribution is -2.39. The molecule has 2 rings (SSSR count). The van der Waals surface area contributed by atoms with E-state index in [1.807, 2.05) is 0 Å². The van der Waals surface area contributed by atoms with Gasteiger partial charge in [0.25, 0.3) is 0 Å². The molecule has 16 heavy (non-hydrogen) atoms. The summed E-state index contributed by atoms with van der Waals surface area (Å²) in [6, 6.07) is 0.875. The molecule has 2 nitrogen and oxygen atoms in total. The second-order valence-electron chi connectivity index (χ2n) is 5.80. The fourth-order valence-corrected chi connectivity index (χ4v) is 3.39. The molecule has 2 heterocycles. The van der Waals surface area contributed by atoms with Crippen molar-refractivity contribution in [1.82, 2.24) is 9.80 Å². The number of nitrogens with zero attached hydrogens (tertiary/aromatic N) is 2. The lowest BCUT2D eigenvalue weighted by atomic mass is 10.1. The second kappa shape index (κ2) is 6.02. The molecule has 0 bridgehead atoms. The van der Waals surface area contributed by atoms with Crippen LogP contribution in [-0.4, -0.2) is 48.6 Å². The highest BCUT2D eigenvalue weighted by Crippen LogP contribution is 2.24. The smallest absolute Gasteiger partial charge is 0.0112 e. The van der Waals surface area contributed by atoms with Crippen molar-refractivity contribution in [3.8, 4) is 0 Å². The third-order valence-electron chi connectivity index (χ3n) is 4.36. The van der Waals surface area contributed by atoms with Crippen LogP contribution in [0.2, 0.25) is 0 Å². The zero-order chi connectivity index (χ0) is 11.4. The SMILES string of the molecule is CC[C@@H]1C[C@H](C)CN1CCN1CCCCC1.